The Morgan fingerprint density at radius 3 is 2.48 bits per heavy atom. The van der Waals surface area contributed by atoms with E-state index < -0.39 is 0 Å². The van der Waals surface area contributed by atoms with Gasteiger partial charge in [-0.15, -0.1) is 0 Å². The van der Waals surface area contributed by atoms with Crippen LogP contribution in [-0.2, 0) is 16.1 Å². The molecule has 5 fully saturated rings. The molecule has 0 unspecified atom stereocenters. The van der Waals surface area contributed by atoms with E-state index in [2.05, 4.69) is 10.1 Å². The lowest BCUT2D eigenvalue weighted by Gasteiger charge is -2.55. The third-order valence-electron chi connectivity index (χ3n) is 7.06. The third-order valence-corrected chi connectivity index (χ3v) is 8.13. The van der Waals surface area contributed by atoms with Crippen molar-refractivity contribution in [3.63, 3.8) is 0 Å². The summed E-state index contributed by atoms with van der Waals surface area (Å²) in [6.07, 6.45) is 9.17. The molecule has 7 heteroatoms. The first kappa shape index (κ1) is 16.2. The second kappa shape index (κ2) is 5.63. The van der Waals surface area contributed by atoms with Gasteiger partial charge < -0.3 is 4.74 Å². The second-order valence-electron chi connectivity index (χ2n) is 9.27. The quantitative estimate of drug-likeness (QED) is 0.755. The van der Waals surface area contributed by atoms with Crippen molar-refractivity contribution in [2.24, 2.45) is 23.2 Å². The number of fused-ring (bicyclic) bond motifs is 1. The molecule has 4 bridgehead atoms. The van der Waals surface area contributed by atoms with Crippen LogP contribution >= 0.6 is 11.3 Å². The standard InChI is InChI=1S/C20H23N3O3S/c24-16-6-15(21-19-23(16)22-17(27-19)14-1-2-14)10-26-18(25)20-7-11-3-12(8-20)5-13(4-11)9-20/h6,11-14H,1-5,7-10H2. The second-order valence-corrected chi connectivity index (χ2v) is 10.3. The Kier molecular flexibility index (Phi) is 3.38. The highest BCUT2D eigenvalue weighted by Gasteiger charge is 2.55. The van der Waals surface area contributed by atoms with Gasteiger partial charge in [-0.05, 0) is 69.1 Å². The number of esters is 1. The predicted octanol–water partition coefficient (Wildman–Crippen LogP) is 3.29. The van der Waals surface area contributed by atoms with Crippen LogP contribution in [0.25, 0.3) is 4.96 Å². The summed E-state index contributed by atoms with van der Waals surface area (Å²) in [4.78, 5) is 30.5. The SMILES string of the molecule is O=C(OCc1cc(=O)n2nc(C3CC3)sc2n1)C12CC3CC(CC(C3)C1)C2. The van der Waals surface area contributed by atoms with Crippen molar-refractivity contribution < 1.29 is 9.53 Å². The van der Waals surface area contributed by atoms with Gasteiger partial charge in [0.25, 0.3) is 5.56 Å². The summed E-state index contributed by atoms with van der Waals surface area (Å²) in [7, 11) is 0. The Morgan fingerprint density at radius 1 is 1.19 bits per heavy atom. The molecule has 2 heterocycles. The summed E-state index contributed by atoms with van der Waals surface area (Å²) in [6, 6.07) is 1.45. The molecule has 0 atom stereocenters. The van der Waals surface area contributed by atoms with Crippen LogP contribution in [0.4, 0.5) is 0 Å². The molecule has 6 nitrogen and oxygen atoms in total. The number of hydrogen-bond acceptors (Lipinski definition) is 6. The van der Waals surface area contributed by atoms with Gasteiger partial charge in [-0.25, -0.2) is 4.98 Å². The normalized spacial score (nSPS) is 34.3. The molecular formula is C20H23N3O3S. The molecule has 5 aliphatic carbocycles. The van der Waals surface area contributed by atoms with E-state index in [1.807, 2.05) is 0 Å². The first-order chi connectivity index (χ1) is 13.1. The minimum absolute atomic E-state index is 0.0634. The highest BCUT2D eigenvalue weighted by Crippen LogP contribution is 2.60. The van der Waals surface area contributed by atoms with Crippen LogP contribution < -0.4 is 5.56 Å². The molecule has 0 aliphatic heterocycles. The van der Waals surface area contributed by atoms with Crippen molar-refractivity contribution in [1.29, 1.82) is 0 Å². The van der Waals surface area contributed by atoms with E-state index >= 15 is 0 Å². The number of nitrogens with zero attached hydrogens (tertiary/aromatic N) is 3. The molecule has 2 aromatic rings. The van der Waals surface area contributed by atoms with Crippen molar-refractivity contribution in [3.05, 3.63) is 27.1 Å². The number of hydrogen-bond donors (Lipinski definition) is 0. The Bertz CT molecular complexity index is 955. The monoisotopic (exact) mass is 385 g/mol. The molecule has 0 aromatic carbocycles. The minimum atomic E-state index is -0.266. The molecule has 0 spiro atoms. The lowest BCUT2D eigenvalue weighted by atomic mass is 9.49. The third kappa shape index (κ3) is 2.65. The summed E-state index contributed by atoms with van der Waals surface area (Å²) in [5.74, 6) is 2.56. The van der Waals surface area contributed by atoms with E-state index in [1.165, 1.54) is 41.2 Å². The molecule has 0 N–H and O–H groups in total. The van der Waals surface area contributed by atoms with Gasteiger partial charge in [-0.1, -0.05) is 11.3 Å². The van der Waals surface area contributed by atoms with E-state index in [-0.39, 0.29) is 23.6 Å². The molecule has 0 saturated heterocycles. The van der Waals surface area contributed by atoms with Crippen LogP contribution in [0.3, 0.4) is 0 Å². The average Bonchev–Trinajstić information content (AvgIpc) is 3.38. The fraction of sp³-hybridized carbons (Fsp3) is 0.700. The van der Waals surface area contributed by atoms with Gasteiger partial charge in [0.15, 0.2) is 0 Å². The average molecular weight is 385 g/mol. The van der Waals surface area contributed by atoms with E-state index in [0.29, 0.717) is 34.3 Å². The summed E-state index contributed by atoms with van der Waals surface area (Å²) in [5.41, 5.74) is 0.0745. The van der Waals surface area contributed by atoms with Crippen LogP contribution in [0.2, 0.25) is 0 Å². The van der Waals surface area contributed by atoms with E-state index in [1.54, 1.807) is 0 Å². The highest BCUT2D eigenvalue weighted by molar-refractivity contribution is 7.16. The van der Waals surface area contributed by atoms with Gasteiger partial charge in [0, 0.05) is 12.0 Å². The van der Waals surface area contributed by atoms with E-state index in [9.17, 15) is 9.59 Å². The molecule has 142 valence electrons. The van der Waals surface area contributed by atoms with Gasteiger partial charge >= 0.3 is 5.97 Å². The fourth-order valence-corrected chi connectivity index (χ4v) is 7.19. The van der Waals surface area contributed by atoms with Gasteiger partial charge in [0.1, 0.15) is 11.6 Å². The van der Waals surface area contributed by atoms with Crippen LogP contribution in [-0.4, -0.2) is 20.6 Å². The van der Waals surface area contributed by atoms with Crippen molar-refractivity contribution in [2.45, 2.75) is 63.9 Å². The van der Waals surface area contributed by atoms with Crippen molar-refractivity contribution in [3.8, 4) is 0 Å². The molecule has 7 rings (SSSR count). The Hall–Kier alpha value is -1.76. The van der Waals surface area contributed by atoms with Crippen LogP contribution in [0.1, 0.15) is 68.0 Å². The van der Waals surface area contributed by atoms with Crippen molar-refractivity contribution >= 4 is 22.3 Å². The Morgan fingerprint density at radius 2 is 1.85 bits per heavy atom. The summed E-state index contributed by atoms with van der Waals surface area (Å²) < 4.78 is 7.10. The number of carbonyl (C=O) groups excluding carboxylic acids is 1. The number of carbonyl (C=O) groups is 1. The molecule has 5 aliphatic rings. The van der Waals surface area contributed by atoms with Gasteiger partial charge in [-0.3, -0.25) is 9.59 Å². The molecular weight excluding hydrogens is 362 g/mol. The first-order valence-corrected chi connectivity index (χ1v) is 11.0. The van der Waals surface area contributed by atoms with Gasteiger partial charge in [0.2, 0.25) is 4.96 Å². The van der Waals surface area contributed by atoms with E-state index in [4.69, 9.17) is 4.74 Å². The smallest absolute Gasteiger partial charge is 0.312 e. The maximum Gasteiger partial charge on any atom is 0.312 e. The number of rotatable bonds is 4. The molecule has 0 radical (unpaired) electrons. The molecule has 2 aromatic heterocycles. The Labute approximate surface area is 160 Å². The summed E-state index contributed by atoms with van der Waals surface area (Å²) >= 11 is 1.48. The summed E-state index contributed by atoms with van der Waals surface area (Å²) in [5, 5.41) is 5.38. The van der Waals surface area contributed by atoms with Crippen LogP contribution in [0, 0.1) is 23.2 Å². The minimum Gasteiger partial charge on any atom is -0.459 e. The first-order valence-electron chi connectivity index (χ1n) is 10.1. The van der Waals surface area contributed by atoms with E-state index in [0.717, 1.165) is 37.1 Å². The largest absolute Gasteiger partial charge is 0.459 e. The zero-order chi connectivity index (χ0) is 18.2. The van der Waals surface area contributed by atoms with Crippen LogP contribution in [0.15, 0.2) is 10.9 Å². The molecule has 27 heavy (non-hydrogen) atoms. The molecule has 0 amide bonds. The molecule has 5 saturated carbocycles. The zero-order valence-corrected chi connectivity index (χ0v) is 16.0. The highest BCUT2D eigenvalue weighted by atomic mass is 32.1. The maximum atomic E-state index is 13.0. The maximum absolute atomic E-state index is 13.0. The lowest BCUT2D eigenvalue weighted by molar-refractivity contribution is -0.173. The fourth-order valence-electron chi connectivity index (χ4n) is 6.09. The summed E-state index contributed by atoms with van der Waals surface area (Å²) in [6.45, 7) is 0.0863. The van der Waals surface area contributed by atoms with Crippen molar-refractivity contribution in [2.75, 3.05) is 0 Å². The van der Waals surface area contributed by atoms with Gasteiger partial charge in [-0.2, -0.15) is 9.61 Å². The Balaban J connectivity index is 1.21. The lowest BCUT2D eigenvalue weighted by Crippen LogP contribution is -2.50. The van der Waals surface area contributed by atoms with Crippen LogP contribution in [0.5, 0.6) is 0 Å². The van der Waals surface area contributed by atoms with Gasteiger partial charge in [0.05, 0.1) is 11.1 Å². The predicted molar refractivity (Wildman–Crippen MR) is 99.5 cm³/mol. The number of ether oxygens (including phenoxy) is 1. The topological polar surface area (TPSA) is 73.6 Å². The number of aromatic nitrogens is 3. The van der Waals surface area contributed by atoms with Crippen molar-refractivity contribution in [1.82, 2.24) is 14.6 Å². The zero-order valence-electron chi connectivity index (χ0n) is 15.2.